The van der Waals surface area contributed by atoms with E-state index in [2.05, 4.69) is 25.5 Å². The summed E-state index contributed by atoms with van der Waals surface area (Å²) in [6.07, 6.45) is -2.38. The van der Waals surface area contributed by atoms with Gasteiger partial charge < -0.3 is 25.0 Å². The third-order valence-corrected chi connectivity index (χ3v) is 7.17. The Labute approximate surface area is 234 Å². The van der Waals surface area contributed by atoms with Crippen molar-refractivity contribution in [2.45, 2.75) is 25.2 Å². The Morgan fingerprint density at radius 2 is 2.08 bits per heavy atom. The number of ether oxygens (including phenoxy) is 2. The molecule has 0 radical (unpaired) electrons. The van der Waals surface area contributed by atoms with Gasteiger partial charge in [-0.2, -0.15) is 18.2 Å². The van der Waals surface area contributed by atoms with E-state index >= 15 is 0 Å². The van der Waals surface area contributed by atoms with E-state index < -0.39 is 17.6 Å². The molecule has 1 fully saturated rings. The second-order valence-electron chi connectivity index (χ2n) is 9.84. The fourth-order valence-electron chi connectivity index (χ4n) is 4.71. The average molecular weight is 577 g/mol. The van der Waals surface area contributed by atoms with E-state index in [1.807, 2.05) is 19.0 Å². The number of amides is 1. The molecule has 2 aromatic carbocycles. The first kappa shape index (κ1) is 27.9. The normalized spacial score (nSPS) is 17.2. The van der Waals surface area contributed by atoms with Crippen LogP contribution in [0.1, 0.15) is 27.9 Å². The van der Waals surface area contributed by atoms with Gasteiger partial charge in [0, 0.05) is 36.9 Å². The van der Waals surface area contributed by atoms with Gasteiger partial charge in [-0.1, -0.05) is 17.7 Å². The van der Waals surface area contributed by atoms with Gasteiger partial charge in [-0.15, -0.1) is 0 Å². The SMILES string of the molecule is CN(C)C1CCN(Cc2ccc(NC(=O)c3ccc(Cl)c(Oc4ncnc5c4OCCN5)c3)cc2C(F)(F)F)C1. The molecule has 9 nitrogen and oxygen atoms in total. The summed E-state index contributed by atoms with van der Waals surface area (Å²) in [6, 6.07) is 8.47. The van der Waals surface area contributed by atoms with E-state index in [1.165, 1.54) is 36.7 Å². The van der Waals surface area contributed by atoms with Gasteiger partial charge in [-0.3, -0.25) is 9.69 Å². The summed E-state index contributed by atoms with van der Waals surface area (Å²) < 4.78 is 53.4. The van der Waals surface area contributed by atoms with Crippen molar-refractivity contribution in [2.75, 3.05) is 51.0 Å². The molecular formula is C27H28ClF3N6O3. The molecule has 1 saturated heterocycles. The number of fused-ring (bicyclic) bond motifs is 1. The van der Waals surface area contributed by atoms with E-state index in [0.717, 1.165) is 19.0 Å². The highest BCUT2D eigenvalue weighted by atomic mass is 35.5. The molecule has 40 heavy (non-hydrogen) atoms. The lowest BCUT2D eigenvalue weighted by atomic mass is 10.0. The zero-order valence-electron chi connectivity index (χ0n) is 21.9. The van der Waals surface area contributed by atoms with Crippen molar-refractivity contribution in [3.05, 3.63) is 64.4 Å². The van der Waals surface area contributed by atoms with Crippen molar-refractivity contribution in [3.63, 3.8) is 0 Å². The molecule has 2 aliphatic heterocycles. The van der Waals surface area contributed by atoms with Crippen molar-refractivity contribution in [3.8, 4) is 17.4 Å². The minimum Gasteiger partial charge on any atom is -0.483 e. The number of nitrogens with zero attached hydrogens (tertiary/aromatic N) is 4. The van der Waals surface area contributed by atoms with Crippen LogP contribution in [0.4, 0.5) is 24.7 Å². The van der Waals surface area contributed by atoms with Crippen LogP contribution in [0.2, 0.25) is 5.02 Å². The fourth-order valence-corrected chi connectivity index (χ4v) is 4.87. The maximum atomic E-state index is 14.0. The molecule has 1 unspecified atom stereocenters. The van der Waals surface area contributed by atoms with Gasteiger partial charge in [0.25, 0.3) is 11.8 Å². The Morgan fingerprint density at radius 1 is 1.25 bits per heavy atom. The molecule has 212 valence electrons. The molecule has 0 saturated carbocycles. The average Bonchev–Trinajstić information content (AvgIpc) is 3.39. The predicted molar refractivity (Wildman–Crippen MR) is 144 cm³/mol. The number of aromatic nitrogens is 2. The van der Waals surface area contributed by atoms with Crippen LogP contribution in [0, 0.1) is 0 Å². The summed E-state index contributed by atoms with van der Waals surface area (Å²) in [4.78, 5) is 25.3. The van der Waals surface area contributed by atoms with E-state index in [1.54, 1.807) is 0 Å². The van der Waals surface area contributed by atoms with Crippen LogP contribution < -0.4 is 20.1 Å². The molecule has 13 heteroatoms. The van der Waals surface area contributed by atoms with Crippen molar-refractivity contribution in [2.24, 2.45) is 0 Å². The number of likely N-dealkylation sites (tertiary alicyclic amines) is 1. The monoisotopic (exact) mass is 576 g/mol. The maximum Gasteiger partial charge on any atom is 0.416 e. The molecule has 3 heterocycles. The zero-order chi connectivity index (χ0) is 28.4. The van der Waals surface area contributed by atoms with Crippen molar-refractivity contribution in [1.82, 2.24) is 19.8 Å². The Bertz CT molecular complexity index is 1400. The highest BCUT2D eigenvalue weighted by Crippen LogP contribution is 2.39. The molecule has 0 bridgehead atoms. The summed E-state index contributed by atoms with van der Waals surface area (Å²) in [5.74, 6) is 0.380. The number of alkyl halides is 3. The van der Waals surface area contributed by atoms with Crippen molar-refractivity contribution >= 4 is 29.0 Å². The van der Waals surface area contributed by atoms with Crippen molar-refractivity contribution < 1.29 is 27.4 Å². The molecule has 1 aromatic heterocycles. The summed E-state index contributed by atoms with van der Waals surface area (Å²) in [5, 5.41) is 5.83. The van der Waals surface area contributed by atoms with Crippen LogP contribution in [0.15, 0.2) is 42.7 Å². The zero-order valence-corrected chi connectivity index (χ0v) is 22.6. The number of hydrogen-bond acceptors (Lipinski definition) is 8. The van der Waals surface area contributed by atoms with Gasteiger partial charge in [0.15, 0.2) is 5.82 Å². The highest BCUT2D eigenvalue weighted by molar-refractivity contribution is 6.32. The molecule has 1 atom stereocenters. The van der Waals surface area contributed by atoms with Gasteiger partial charge in [-0.25, -0.2) is 4.98 Å². The smallest absolute Gasteiger partial charge is 0.416 e. The number of carbonyl (C=O) groups excluding carboxylic acids is 1. The second-order valence-corrected chi connectivity index (χ2v) is 10.3. The topological polar surface area (TPSA) is 91.9 Å². The van der Waals surface area contributed by atoms with Crippen LogP contribution in [0.3, 0.4) is 0 Å². The summed E-state index contributed by atoms with van der Waals surface area (Å²) in [5.41, 5.74) is -0.459. The number of anilines is 2. The molecular weight excluding hydrogens is 549 g/mol. The number of halogens is 4. The third-order valence-electron chi connectivity index (χ3n) is 6.86. The number of likely N-dealkylation sites (N-methyl/N-ethyl adjacent to an activating group) is 1. The van der Waals surface area contributed by atoms with E-state index in [0.29, 0.717) is 37.3 Å². The third kappa shape index (κ3) is 6.24. The molecule has 0 spiro atoms. The Hall–Kier alpha value is -3.61. The van der Waals surface area contributed by atoms with Gasteiger partial charge >= 0.3 is 6.18 Å². The van der Waals surface area contributed by atoms with E-state index in [9.17, 15) is 18.0 Å². The van der Waals surface area contributed by atoms with Gasteiger partial charge in [0.05, 0.1) is 17.1 Å². The van der Waals surface area contributed by atoms with Crippen LogP contribution in [0.5, 0.6) is 17.4 Å². The number of benzene rings is 2. The number of nitrogens with one attached hydrogen (secondary N) is 2. The van der Waals surface area contributed by atoms with Crippen LogP contribution in [-0.2, 0) is 12.7 Å². The number of carbonyl (C=O) groups is 1. The quantitative estimate of drug-likeness (QED) is 0.400. The standard InChI is InChI=1S/C27H28ClF3N6O3/c1-36(2)19-7-9-37(14-19)13-17-3-5-18(12-20(17)27(29,30)31)35-25(38)16-4-6-21(28)22(11-16)40-26-23-24(33-15-34-26)32-8-10-39-23/h3-6,11-12,15,19H,7-10,13-14H2,1-2H3,(H,35,38)(H,32,33,34). The van der Waals surface area contributed by atoms with Crippen LogP contribution in [-0.4, -0.2) is 72.1 Å². The van der Waals surface area contributed by atoms with Crippen molar-refractivity contribution in [1.29, 1.82) is 0 Å². The lowest BCUT2D eigenvalue weighted by Crippen LogP contribution is -2.31. The summed E-state index contributed by atoms with van der Waals surface area (Å²) >= 11 is 6.29. The first-order valence-electron chi connectivity index (χ1n) is 12.7. The molecule has 2 N–H and O–H groups in total. The van der Waals surface area contributed by atoms with Crippen LogP contribution in [0.25, 0.3) is 0 Å². The maximum absolute atomic E-state index is 14.0. The van der Waals surface area contributed by atoms with Gasteiger partial charge in [-0.05, 0) is 56.4 Å². The molecule has 1 amide bonds. The largest absolute Gasteiger partial charge is 0.483 e. The van der Waals surface area contributed by atoms with Crippen LogP contribution >= 0.6 is 11.6 Å². The molecule has 2 aliphatic rings. The lowest BCUT2D eigenvalue weighted by Gasteiger charge is -2.22. The number of hydrogen-bond donors (Lipinski definition) is 2. The first-order valence-corrected chi connectivity index (χ1v) is 13.1. The second kappa shape index (κ2) is 11.5. The van der Waals surface area contributed by atoms with E-state index in [-0.39, 0.29) is 40.0 Å². The first-order chi connectivity index (χ1) is 19.1. The van der Waals surface area contributed by atoms with Gasteiger partial charge in [0.1, 0.15) is 18.7 Å². The van der Waals surface area contributed by atoms with Gasteiger partial charge in [0.2, 0.25) is 5.75 Å². The highest BCUT2D eigenvalue weighted by Gasteiger charge is 2.35. The Morgan fingerprint density at radius 3 is 2.83 bits per heavy atom. The predicted octanol–water partition coefficient (Wildman–Crippen LogP) is 5.13. The minimum atomic E-state index is -4.58. The minimum absolute atomic E-state index is 0.0235. The molecule has 5 rings (SSSR count). The molecule has 3 aromatic rings. The fraction of sp³-hybridized carbons (Fsp3) is 0.370. The molecule has 0 aliphatic carbocycles. The Kier molecular flexibility index (Phi) is 8.02. The summed E-state index contributed by atoms with van der Waals surface area (Å²) in [7, 11) is 3.94. The summed E-state index contributed by atoms with van der Waals surface area (Å²) in [6.45, 7) is 2.56. The lowest BCUT2D eigenvalue weighted by molar-refractivity contribution is -0.138. The Balaban J connectivity index is 1.33. The number of rotatable bonds is 7. The van der Waals surface area contributed by atoms with E-state index in [4.69, 9.17) is 21.1 Å².